The Kier molecular flexibility index (Phi) is 3.50. The van der Waals surface area contributed by atoms with E-state index in [9.17, 15) is 0 Å². The minimum absolute atomic E-state index is 1.11. The van der Waals surface area contributed by atoms with E-state index in [-0.39, 0.29) is 0 Å². The van der Waals surface area contributed by atoms with Crippen molar-refractivity contribution in [3.05, 3.63) is 46.2 Å². The Labute approximate surface area is 110 Å². The molecule has 1 aromatic carbocycles. The zero-order valence-corrected chi connectivity index (χ0v) is 11.2. The Morgan fingerprint density at radius 1 is 1.12 bits per heavy atom. The normalized spacial score (nSPS) is 15.3. The van der Waals surface area contributed by atoms with Gasteiger partial charge in [0.25, 0.3) is 0 Å². The Morgan fingerprint density at radius 3 is 2.94 bits per heavy atom. The summed E-state index contributed by atoms with van der Waals surface area (Å²) in [6.07, 6.45) is 2.32. The van der Waals surface area contributed by atoms with Crippen molar-refractivity contribution in [2.75, 3.05) is 13.1 Å². The van der Waals surface area contributed by atoms with E-state index >= 15 is 0 Å². The highest BCUT2D eigenvalue weighted by Crippen LogP contribution is 2.33. The molecule has 0 amide bonds. The van der Waals surface area contributed by atoms with Gasteiger partial charge in [0.1, 0.15) is 0 Å². The average Bonchev–Trinajstić information content (AvgIpc) is 2.73. The molecule has 0 unspecified atom stereocenters. The predicted molar refractivity (Wildman–Crippen MR) is 75.2 cm³/mol. The molecule has 1 aliphatic rings. The molecule has 0 saturated carbocycles. The maximum atomic E-state index is 3.47. The van der Waals surface area contributed by atoms with Crippen molar-refractivity contribution in [2.45, 2.75) is 22.6 Å². The van der Waals surface area contributed by atoms with Crippen LogP contribution < -0.4 is 5.32 Å². The van der Waals surface area contributed by atoms with Crippen LogP contribution in [0.5, 0.6) is 0 Å². The third-order valence-electron chi connectivity index (χ3n) is 3.08. The van der Waals surface area contributed by atoms with Gasteiger partial charge in [-0.1, -0.05) is 23.9 Å². The molecule has 0 aliphatic carbocycles. The second-order valence-electron chi connectivity index (χ2n) is 4.20. The Morgan fingerprint density at radius 2 is 2.06 bits per heavy atom. The van der Waals surface area contributed by atoms with E-state index in [2.05, 4.69) is 40.3 Å². The van der Waals surface area contributed by atoms with Crippen LogP contribution in [-0.2, 0) is 12.8 Å². The molecule has 0 saturated heterocycles. The summed E-state index contributed by atoms with van der Waals surface area (Å²) in [5.41, 5.74) is 3.07. The van der Waals surface area contributed by atoms with E-state index in [4.69, 9.17) is 0 Å². The number of fused-ring (bicyclic) bond motifs is 1. The molecule has 1 nitrogen and oxygen atoms in total. The number of benzene rings is 1. The molecule has 1 aliphatic heterocycles. The first kappa shape index (κ1) is 11.3. The fourth-order valence-electron chi connectivity index (χ4n) is 2.22. The molecule has 88 valence electrons. The van der Waals surface area contributed by atoms with E-state index in [0.29, 0.717) is 0 Å². The van der Waals surface area contributed by atoms with Crippen molar-refractivity contribution in [3.8, 4) is 0 Å². The summed E-state index contributed by atoms with van der Waals surface area (Å²) >= 11 is 3.67. The summed E-state index contributed by atoms with van der Waals surface area (Å²) in [5.74, 6) is 0. The second kappa shape index (κ2) is 5.25. The number of hydrogen-bond acceptors (Lipinski definition) is 3. The lowest BCUT2D eigenvalue weighted by Crippen LogP contribution is -2.16. The zero-order valence-electron chi connectivity index (χ0n) is 9.61. The summed E-state index contributed by atoms with van der Waals surface area (Å²) in [5, 5.41) is 7.84. The smallest absolute Gasteiger partial charge is 0.0229 e. The van der Waals surface area contributed by atoms with Crippen LogP contribution in [-0.4, -0.2) is 13.1 Å². The van der Waals surface area contributed by atoms with Gasteiger partial charge in [-0.3, -0.25) is 0 Å². The van der Waals surface area contributed by atoms with E-state index in [1.165, 1.54) is 15.4 Å². The molecule has 3 heteroatoms. The topological polar surface area (TPSA) is 12.0 Å². The monoisotopic (exact) mass is 261 g/mol. The van der Waals surface area contributed by atoms with Crippen LogP contribution in [0.1, 0.15) is 11.1 Å². The van der Waals surface area contributed by atoms with Gasteiger partial charge in [-0.15, -0.1) is 0 Å². The van der Waals surface area contributed by atoms with Crippen molar-refractivity contribution in [1.82, 2.24) is 5.32 Å². The number of thiophene rings is 1. The SMILES string of the molecule is c1cc2c(c(Sc3ccsc3)c1)CCNCC2. The molecular formula is C14H15NS2. The largest absolute Gasteiger partial charge is 0.316 e. The maximum absolute atomic E-state index is 3.47. The molecule has 3 rings (SSSR count). The first-order valence-electron chi connectivity index (χ1n) is 5.95. The summed E-state index contributed by atoms with van der Waals surface area (Å²) in [7, 11) is 0. The van der Waals surface area contributed by atoms with Gasteiger partial charge >= 0.3 is 0 Å². The van der Waals surface area contributed by atoms with Crippen LogP contribution in [0.15, 0.2) is 44.8 Å². The molecule has 0 spiro atoms. The molecule has 0 radical (unpaired) electrons. The molecule has 17 heavy (non-hydrogen) atoms. The molecule has 1 N–H and O–H groups in total. The van der Waals surface area contributed by atoms with Crippen molar-refractivity contribution < 1.29 is 0 Å². The minimum Gasteiger partial charge on any atom is -0.316 e. The quantitative estimate of drug-likeness (QED) is 0.886. The van der Waals surface area contributed by atoms with E-state index < -0.39 is 0 Å². The van der Waals surface area contributed by atoms with Crippen LogP contribution in [0.2, 0.25) is 0 Å². The predicted octanol–water partition coefficient (Wildman–Crippen LogP) is 3.59. The lowest BCUT2D eigenvalue weighted by Gasteiger charge is -2.10. The Balaban J connectivity index is 1.94. The highest BCUT2D eigenvalue weighted by Gasteiger charge is 2.12. The van der Waals surface area contributed by atoms with Gasteiger partial charge in [-0.25, -0.2) is 0 Å². The standard InChI is InChI=1S/C14H15NS2/c1-2-11-4-7-15-8-5-13(11)14(3-1)17-12-6-9-16-10-12/h1-3,6,9-10,15H,4-5,7-8H2. The van der Waals surface area contributed by atoms with Crippen LogP contribution >= 0.6 is 23.1 Å². The number of hydrogen-bond donors (Lipinski definition) is 1. The Bertz CT molecular complexity index is 491. The van der Waals surface area contributed by atoms with Crippen molar-refractivity contribution in [2.24, 2.45) is 0 Å². The first-order chi connectivity index (χ1) is 8.43. The molecular weight excluding hydrogens is 246 g/mol. The molecule has 2 aromatic rings. The van der Waals surface area contributed by atoms with Crippen LogP contribution in [0, 0.1) is 0 Å². The summed E-state index contributed by atoms with van der Waals surface area (Å²) < 4.78 is 0. The molecule has 0 bridgehead atoms. The van der Waals surface area contributed by atoms with Gasteiger partial charge in [0.2, 0.25) is 0 Å². The first-order valence-corrected chi connectivity index (χ1v) is 7.71. The number of rotatable bonds is 2. The summed E-state index contributed by atoms with van der Waals surface area (Å²) in [6, 6.07) is 8.93. The highest BCUT2D eigenvalue weighted by atomic mass is 32.2. The average molecular weight is 261 g/mol. The van der Waals surface area contributed by atoms with E-state index in [1.54, 1.807) is 16.9 Å². The van der Waals surface area contributed by atoms with Gasteiger partial charge in [0.05, 0.1) is 0 Å². The van der Waals surface area contributed by atoms with Crippen molar-refractivity contribution in [1.29, 1.82) is 0 Å². The van der Waals surface area contributed by atoms with Crippen molar-refractivity contribution in [3.63, 3.8) is 0 Å². The highest BCUT2D eigenvalue weighted by molar-refractivity contribution is 7.99. The molecule has 0 fully saturated rings. The fourth-order valence-corrected chi connectivity index (χ4v) is 4.08. The summed E-state index contributed by atoms with van der Waals surface area (Å²) in [4.78, 5) is 2.80. The van der Waals surface area contributed by atoms with Crippen molar-refractivity contribution >= 4 is 23.1 Å². The van der Waals surface area contributed by atoms with Gasteiger partial charge < -0.3 is 5.32 Å². The number of nitrogens with one attached hydrogen (secondary N) is 1. The van der Waals surface area contributed by atoms with Gasteiger partial charge in [-0.2, -0.15) is 11.3 Å². The van der Waals surface area contributed by atoms with E-state index in [0.717, 1.165) is 25.9 Å². The fraction of sp³-hybridized carbons (Fsp3) is 0.286. The minimum atomic E-state index is 1.11. The molecule has 1 aromatic heterocycles. The molecule has 2 heterocycles. The second-order valence-corrected chi connectivity index (χ2v) is 6.10. The molecule has 0 atom stereocenters. The lowest BCUT2D eigenvalue weighted by molar-refractivity contribution is 0.709. The summed E-state index contributed by atoms with van der Waals surface area (Å²) in [6.45, 7) is 2.22. The maximum Gasteiger partial charge on any atom is 0.0229 e. The van der Waals surface area contributed by atoms with Gasteiger partial charge in [-0.05, 0) is 54.6 Å². The van der Waals surface area contributed by atoms with Crippen LogP contribution in [0.25, 0.3) is 0 Å². The Hall–Kier alpha value is -0.770. The third kappa shape index (κ3) is 2.57. The van der Waals surface area contributed by atoms with Gasteiger partial charge in [0, 0.05) is 15.2 Å². The lowest BCUT2D eigenvalue weighted by atomic mass is 10.0. The van der Waals surface area contributed by atoms with Crippen LogP contribution in [0.4, 0.5) is 0 Å². The van der Waals surface area contributed by atoms with E-state index in [1.807, 2.05) is 11.8 Å². The third-order valence-corrected chi connectivity index (χ3v) is 5.00. The zero-order chi connectivity index (χ0) is 11.5. The van der Waals surface area contributed by atoms with Gasteiger partial charge in [0.15, 0.2) is 0 Å². The van der Waals surface area contributed by atoms with Crippen LogP contribution in [0.3, 0.4) is 0 Å².